The zero-order chi connectivity index (χ0) is 55.9. The maximum atomic E-state index is 15.6. The molecule has 2 aliphatic rings. The summed E-state index contributed by atoms with van der Waals surface area (Å²) < 4.78 is 57.6. The summed E-state index contributed by atoms with van der Waals surface area (Å²) in [5.74, 6) is -3.51. The third-order valence-electron chi connectivity index (χ3n) is 14.3. The van der Waals surface area contributed by atoms with Gasteiger partial charge in [-0.2, -0.15) is 13.2 Å². The number of halogens is 4. The summed E-state index contributed by atoms with van der Waals surface area (Å²) in [6, 6.07) is 14.9. The van der Waals surface area contributed by atoms with Gasteiger partial charge in [-0.15, -0.1) is 11.3 Å². The first-order chi connectivity index (χ1) is 36.4. The standard InChI is InChI=1S/C56H67F4N9O7S/c1-32-28-68(29-33(2)67(32)7)45-20-18-37(23-44(45)65-52(74)41-27-62-48(72)25-42(41)56(58,59)60)40-22-38(17-19-43(40)57)51(73)61-21-11-9-8-10-12-47(71)66-50(55(4,5)6)54(76)69-30-39(70)24-46(69)53(75)63-26-35-13-15-36(16-14-35)49-34(3)64-31-77-49/h13-20,22-23,25,27,31-33,39,46,50,70H,8-12,21,24,26,28-30H2,1-7H3,(H,61,73)(H,62,72)(H,63,75)(H,65,74)(H,66,71)/t32-,33+,39-,46+,50-/m1/s1. The Bertz CT molecular complexity index is 3000. The lowest BCUT2D eigenvalue weighted by molar-refractivity contribution is -0.144. The number of hydrogen-bond acceptors (Lipinski definition) is 11. The van der Waals surface area contributed by atoms with E-state index in [9.17, 15) is 47.0 Å². The van der Waals surface area contributed by atoms with E-state index in [-0.39, 0.29) is 72.8 Å². The van der Waals surface area contributed by atoms with Crippen molar-refractivity contribution in [3.8, 4) is 21.6 Å². The number of pyridine rings is 1. The Balaban J connectivity index is 0.912. The van der Waals surface area contributed by atoms with Crippen LogP contribution in [0.4, 0.5) is 28.9 Å². The monoisotopic (exact) mass is 1090 g/mol. The summed E-state index contributed by atoms with van der Waals surface area (Å²) in [6.07, 6.45) is -2.69. The average molecular weight is 1090 g/mol. The maximum absolute atomic E-state index is 15.6. The molecule has 0 radical (unpaired) electrons. The van der Waals surface area contributed by atoms with Gasteiger partial charge in [0, 0.05) is 81.0 Å². The number of aliphatic hydroxyl groups excluding tert-OH is 1. The number of nitrogens with zero attached hydrogens (tertiary/aromatic N) is 4. The van der Waals surface area contributed by atoms with Crippen molar-refractivity contribution in [3.05, 3.63) is 123 Å². The number of aromatic nitrogens is 2. The number of H-pyrrole nitrogens is 1. The number of amides is 5. The van der Waals surface area contributed by atoms with Crippen LogP contribution in [0.2, 0.25) is 0 Å². The van der Waals surface area contributed by atoms with Gasteiger partial charge in [-0.05, 0) is 93.1 Å². The van der Waals surface area contributed by atoms with Crippen molar-refractivity contribution in [2.24, 2.45) is 5.41 Å². The highest BCUT2D eigenvalue weighted by molar-refractivity contribution is 7.13. The Morgan fingerprint density at radius 1 is 0.870 bits per heavy atom. The van der Waals surface area contributed by atoms with Gasteiger partial charge in [-0.3, -0.25) is 33.7 Å². The number of β-amino-alcohol motifs (C(OH)–C–C–N with tert-alkyl or cyclic N) is 1. The van der Waals surface area contributed by atoms with Gasteiger partial charge >= 0.3 is 6.18 Å². The van der Waals surface area contributed by atoms with Crippen molar-refractivity contribution in [3.63, 3.8) is 0 Å². The Hall–Kier alpha value is -6.97. The number of likely N-dealkylation sites (N-methyl/N-ethyl adjacent to an activating group) is 1. The van der Waals surface area contributed by atoms with E-state index >= 15 is 4.39 Å². The number of piperazine rings is 1. The lowest BCUT2D eigenvalue weighted by Gasteiger charge is -2.44. The Labute approximate surface area is 449 Å². The average Bonchev–Trinajstić information content (AvgIpc) is 4.01. The second kappa shape index (κ2) is 24.6. The number of anilines is 2. The molecule has 5 atom stereocenters. The fraction of sp³-hybridized carbons (Fsp3) is 0.446. The van der Waals surface area contributed by atoms with E-state index in [4.69, 9.17) is 0 Å². The topological polar surface area (TPSA) is 209 Å². The highest BCUT2D eigenvalue weighted by Gasteiger charge is 2.44. The summed E-state index contributed by atoms with van der Waals surface area (Å²) >= 11 is 1.55. The Morgan fingerprint density at radius 3 is 2.22 bits per heavy atom. The zero-order valence-electron chi connectivity index (χ0n) is 44.3. The summed E-state index contributed by atoms with van der Waals surface area (Å²) in [7, 11) is 1.98. The molecule has 2 fully saturated rings. The van der Waals surface area contributed by atoms with E-state index in [1.807, 2.05) is 77.8 Å². The summed E-state index contributed by atoms with van der Waals surface area (Å²) in [6.45, 7) is 12.9. The minimum absolute atomic E-state index is 0.00748. The van der Waals surface area contributed by atoms with Gasteiger partial charge in [-0.1, -0.05) is 63.9 Å². The van der Waals surface area contributed by atoms with E-state index in [0.717, 1.165) is 27.8 Å². The van der Waals surface area contributed by atoms with E-state index in [0.29, 0.717) is 56.7 Å². The Kier molecular flexibility index (Phi) is 18.4. The van der Waals surface area contributed by atoms with Crippen LogP contribution in [0.5, 0.6) is 0 Å². The number of aliphatic hydroxyl groups is 1. The number of carbonyl (C=O) groups is 5. The van der Waals surface area contributed by atoms with Crippen molar-refractivity contribution in [2.45, 2.75) is 123 Å². The molecular formula is C56H67F4N9O7S. The van der Waals surface area contributed by atoms with Crippen molar-refractivity contribution >= 4 is 52.2 Å². The first kappa shape index (κ1) is 57.7. The number of likely N-dealkylation sites (tertiary alicyclic amines) is 1. The minimum atomic E-state index is -5.01. The van der Waals surface area contributed by atoms with Crippen molar-refractivity contribution in [2.75, 3.05) is 43.4 Å². The molecule has 0 aliphatic carbocycles. The molecule has 6 N–H and O–H groups in total. The molecule has 0 spiro atoms. The number of benzene rings is 3. The van der Waals surface area contributed by atoms with Gasteiger partial charge in [0.25, 0.3) is 11.8 Å². The molecule has 5 aromatic rings. The first-order valence-electron chi connectivity index (χ1n) is 25.7. The van der Waals surface area contributed by atoms with E-state index in [1.165, 1.54) is 23.1 Å². The van der Waals surface area contributed by atoms with Crippen LogP contribution < -0.4 is 31.7 Å². The molecule has 2 aromatic heterocycles. The predicted molar refractivity (Wildman–Crippen MR) is 288 cm³/mol. The Morgan fingerprint density at radius 2 is 1.56 bits per heavy atom. The smallest absolute Gasteiger partial charge is 0.391 e. The lowest BCUT2D eigenvalue weighted by atomic mass is 9.85. The molecule has 2 aliphatic heterocycles. The molecule has 0 bridgehead atoms. The first-order valence-corrected chi connectivity index (χ1v) is 26.6. The van der Waals surface area contributed by atoms with E-state index in [2.05, 4.69) is 36.1 Å². The highest BCUT2D eigenvalue weighted by Crippen LogP contribution is 2.37. The molecule has 0 saturated carbocycles. The summed E-state index contributed by atoms with van der Waals surface area (Å²) in [4.78, 5) is 92.8. The highest BCUT2D eigenvalue weighted by atomic mass is 32.1. The van der Waals surface area contributed by atoms with Crippen molar-refractivity contribution in [1.82, 2.24) is 35.7 Å². The zero-order valence-corrected chi connectivity index (χ0v) is 45.1. The molecular weight excluding hydrogens is 1020 g/mol. The fourth-order valence-corrected chi connectivity index (χ4v) is 10.5. The lowest BCUT2D eigenvalue weighted by Crippen LogP contribution is -2.57. The van der Waals surface area contributed by atoms with E-state index in [1.54, 1.807) is 29.0 Å². The number of nitrogens with one attached hydrogen (secondary N) is 5. The number of unbranched alkanes of at least 4 members (excludes halogenated alkanes) is 3. The maximum Gasteiger partial charge on any atom is 0.417 e. The molecule has 2 saturated heterocycles. The van der Waals surface area contributed by atoms with Crippen LogP contribution in [0.25, 0.3) is 21.6 Å². The van der Waals surface area contributed by atoms with Crippen LogP contribution in [0.15, 0.2) is 83.2 Å². The largest absolute Gasteiger partial charge is 0.417 e. The number of thiazole rings is 1. The van der Waals surface area contributed by atoms with Crippen LogP contribution in [0.1, 0.15) is 111 Å². The fourth-order valence-electron chi connectivity index (χ4n) is 9.73. The van der Waals surface area contributed by atoms with Gasteiger partial charge < -0.3 is 41.2 Å². The van der Waals surface area contributed by atoms with Gasteiger partial charge in [0.1, 0.15) is 17.9 Å². The second-order valence-electron chi connectivity index (χ2n) is 21.1. The molecule has 412 valence electrons. The molecule has 21 heteroatoms. The third kappa shape index (κ3) is 14.3. The molecule has 5 amide bonds. The quantitative estimate of drug-likeness (QED) is 0.0369. The number of aryl methyl sites for hydroxylation is 1. The third-order valence-corrected chi connectivity index (χ3v) is 15.3. The van der Waals surface area contributed by atoms with Crippen LogP contribution >= 0.6 is 11.3 Å². The predicted octanol–water partition coefficient (Wildman–Crippen LogP) is 7.90. The van der Waals surface area contributed by atoms with Crippen LogP contribution in [0, 0.1) is 18.2 Å². The number of carbonyl (C=O) groups excluding carboxylic acids is 5. The summed E-state index contributed by atoms with van der Waals surface area (Å²) in [5.41, 5.74) is 1.61. The summed E-state index contributed by atoms with van der Waals surface area (Å²) in [5, 5.41) is 21.9. The molecule has 77 heavy (non-hydrogen) atoms. The molecule has 7 rings (SSSR count). The second-order valence-corrected chi connectivity index (χ2v) is 22.0. The van der Waals surface area contributed by atoms with E-state index < -0.39 is 75.9 Å². The molecule has 3 aromatic carbocycles. The van der Waals surface area contributed by atoms with Crippen LogP contribution in [-0.2, 0) is 27.1 Å². The number of rotatable bonds is 18. The molecule has 16 nitrogen and oxygen atoms in total. The van der Waals surface area contributed by atoms with Crippen LogP contribution in [0.3, 0.4) is 0 Å². The van der Waals surface area contributed by atoms with Crippen molar-refractivity contribution in [1.29, 1.82) is 0 Å². The van der Waals surface area contributed by atoms with Gasteiger partial charge in [0.15, 0.2) is 0 Å². The SMILES string of the molecule is Cc1ncsc1-c1ccc(CNC(=O)[C@@H]2C[C@@H](O)CN2C(=O)[C@@H](NC(=O)CCCCCCNC(=O)c2ccc(F)c(-c3ccc(N4C[C@@H](C)N(C)[C@@H](C)C4)c(NC(=O)c4c[nH]c(=O)cc4C(F)(F)F)c3)c2)C(C)(C)C)cc1. The molecule has 4 heterocycles. The number of alkyl halides is 3. The van der Waals surface area contributed by atoms with Gasteiger partial charge in [0.2, 0.25) is 23.3 Å². The molecule has 0 unspecified atom stereocenters. The number of hydrogen-bond donors (Lipinski definition) is 6. The van der Waals surface area contributed by atoms with Gasteiger partial charge in [-0.25, -0.2) is 9.37 Å². The minimum Gasteiger partial charge on any atom is -0.391 e. The number of aromatic amines is 1. The van der Waals surface area contributed by atoms with Crippen LogP contribution in [-0.4, -0.2) is 118 Å². The normalized spacial score (nSPS) is 18.4. The van der Waals surface area contributed by atoms with Gasteiger partial charge in [0.05, 0.1) is 44.7 Å². The van der Waals surface area contributed by atoms with Crippen molar-refractivity contribution < 1.29 is 46.6 Å².